The minimum Gasteiger partial charge on any atom is -0.497 e. The van der Waals surface area contributed by atoms with E-state index in [0.29, 0.717) is 17.2 Å². The van der Waals surface area contributed by atoms with Gasteiger partial charge in [0.1, 0.15) is 27.1 Å². The summed E-state index contributed by atoms with van der Waals surface area (Å²) >= 11 is 0. The number of ether oxygens (including phenoxy) is 2. The smallest absolute Gasteiger partial charge is 0.265 e. The van der Waals surface area contributed by atoms with Crippen LogP contribution in [0.2, 0.25) is 0 Å². The van der Waals surface area contributed by atoms with Gasteiger partial charge < -0.3 is 9.47 Å². The number of carbonyl (C=O) groups is 1. The third kappa shape index (κ3) is 4.13. The van der Waals surface area contributed by atoms with Gasteiger partial charge in [-0.15, -0.1) is 0 Å². The molecule has 0 aromatic heterocycles. The predicted molar refractivity (Wildman–Crippen MR) is 107 cm³/mol. The summed E-state index contributed by atoms with van der Waals surface area (Å²) in [5.41, 5.74) is 1.38. The Morgan fingerprint density at radius 3 is 1.90 bits per heavy atom. The summed E-state index contributed by atoms with van der Waals surface area (Å²) in [4.78, 5) is 12.1. The van der Waals surface area contributed by atoms with Crippen molar-refractivity contribution in [2.75, 3.05) is 18.6 Å². The van der Waals surface area contributed by atoms with E-state index in [9.17, 15) is 21.6 Å². The number of rotatable bonds is 6. The standard InChI is InChI=1S/C19H21NO8S2/c1-27-14-2-4-15(5-3-14)28-16-6-8-17(9-7-16)30(25,26)19(18(21)20-22)10-12-29(23,24)13-11-19/h2-9,22H,10-13H2,1H3,(H,20,21). The van der Waals surface area contributed by atoms with Gasteiger partial charge in [0.25, 0.3) is 5.91 Å². The number of hydroxylamine groups is 1. The largest absolute Gasteiger partial charge is 0.497 e. The molecule has 0 bridgehead atoms. The number of benzene rings is 2. The summed E-state index contributed by atoms with van der Waals surface area (Å²) in [6, 6.07) is 12.2. The molecule has 2 aromatic carbocycles. The molecule has 1 aliphatic rings. The Labute approximate surface area is 174 Å². The lowest BCUT2D eigenvalue weighted by Gasteiger charge is -2.34. The van der Waals surface area contributed by atoms with Crippen molar-refractivity contribution in [3.8, 4) is 17.2 Å². The molecule has 0 unspecified atom stereocenters. The molecule has 30 heavy (non-hydrogen) atoms. The lowest BCUT2D eigenvalue weighted by molar-refractivity contribution is -0.132. The molecule has 0 spiro atoms. The highest BCUT2D eigenvalue weighted by atomic mass is 32.2. The highest BCUT2D eigenvalue weighted by Crippen LogP contribution is 2.37. The molecule has 0 aliphatic carbocycles. The maximum Gasteiger partial charge on any atom is 0.265 e. The molecule has 0 atom stereocenters. The van der Waals surface area contributed by atoms with Crippen LogP contribution in [0.4, 0.5) is 0 Å². The van der Waals surface area contributed by atoms with Crippen molar-refractivity contribution in [1.29, 1.82) is 0 Å². The van der Waals surface area contributed by atoms with Crippen LogP contribution in [0.15, 0.2) is 53.4 Å². The van der Waals surface area contributed by atoms with Crippen LogP contribution < -0.4 is 15.0 Å². The van der Waals surface area contributed by atoms with E-state index in [4.69, 9.17) is 14.7 Å². The first-order valence-corrected chi connectivity index (χ1v) is 12.3. The van der Waals surface area contributed by atoms with Crippen LogP contribution in [0.25, 0.3) is 0 Å². The van der Waals surface area contributed by atoms with E-state index in [-0.39, 0.29) is 4.90 Å². The highest BCUT2D eigenvalue weighted by molar-refractivity contribution is 7.94. The first-order chi connectivity index (χ1) is 14.1. The number of amides is 1. The fourth-order valence-corrected chi connectivity index (χ4v) is 7.04. The van der Waals surface area contributed by atoms with E-state index >= 15 is 0 Å². The van der Waals surface area contributed by atoms with Crippen molar-refractivity contribution in [2.45, 2.75) is 22.5 Å². The van der Waals surface area contributed by atoms with Crippen molar-refractivity contribution in [3.05, 3.63) is 48.5 Å². The molecule has 1 fully saturated rings. The fourth-order valence-electron chi connectivity index (χ4n) is 3.28. The molecule has 9 nitrogen and oxygen atoms in total. The number of hydrogen-bond acceptors (Lipinski definition) is 8. The van der Waals surface area contributed by atoms with Gasteiger partial charge in [0.15, 0.2) is 14.6 Å². The number of sulfone groups is 2. The van der Waals surface area contributed by atoms with Gasteiger partial charge in [0.05, 0.1) is 23.5 Å². The number of methoxy groups -OCH3 is 1. The molecule has 0 saturated carbocycles. The lowest BCUT2D eigenvalue weighted by atomic mass is 10.0. The van der Waals surface area contributed by atoms with Crippen molar-refractivity contribution in [2.24, 2.45) is 0 Å². The first-order valence-electron chi connectivity index (χ1n) is 8.95. The summed E-state index contributed by atoms with van der Waals surface area (Å²) in [6.07, 6.45) is -0.873. The second-order valence-electron chi connectivity index (χ2n) is 6.84. The number of carbonyl (C=O) groups excluding carboxylic acids is 1. The zero-order chi connectivity index (χ0) is 22.0. The van der Waals surface area contributed by atoms with Crippen LogP contribution >= 0.6 is 0 Å². The maximum absolute atomic E-state index is 13.2. The molecule has 0 radical (unpaired) electrons. The summed E-state index contributed by atoms with van der Waals surface area (Å²) in [6.45, 7) is 0. The van der Waals surface area contributed by atoms with E-state index in [0.717, 1.165) is 0 Å². The average Bonchev–Trinajstić information content (AvgIpc) is 2.74. The van der Waals surface area contributed by atoms with Crippen molar-refractivity contribution in [1.82, 2.24) is 5.48 Å². The molecule has 1 aliphatic heterocycles. The van der Waals surface area contributed by atoms with Crippen LogP contribution in [0.5, 0.6) is 17.2 Å². The van der Waals surface area contributed by atoms with Crippen LogP contribution in [0, 0.1) is 0 Å². The van der Waals surface area contributed by atoms with E-state index in [1.165, 1.54) is 29.7 Å². The SMILES string of the molecule is COc1ccc(Oc2ccc(S(=O)(=O)C3(C(=O)NO)CCS(=O)(=O)CC3)cc2)cc1. The molecular weight excluding hydrogens is 434 g/mol. The zero-order valence-corrected chi connectivity index (χ0v) is 17.7. The number of hydrogen-bond donors (Lipinski definition) is 2. The maximum atomic E-state index is 13.2. The molecule has 1 heterocycles. The Kier molecular flexibility index (Phi) is 6.06. The quantitative estimate of drug-likeness (QED) is 0.496. The molecule has 1 amide bonds. The lowest BCUT2D eigenvalue weighted by Crippen LogP contribution is -2.55. The predicted octanol–water partition coefficient (Wildman–Crippen LogP) is 1.71. The minimum absolute atomic E-state index is 0.174. The average molecular weight is 456 g/mol. The van der Waals surface area contributed by atoms with Crippen molar-refractivity contribution >= 4 is 25.6 Å². The van der Waals surface area contributed by atoms with E-state index < -0.39 is 54.7 Å². The van der Waals surface area contributed by atoms with E-state index in [2.05, 4.69) is 0 Å². The monoisotopic (exact) mass is 455 g/mol. The fraction of sp³-hybridized carbons (Fsp3) is 0.316. The summed E-state index contributed by atoms with van der Waals surface area (Å²) in [5.74, 6) is -0.524. The summed E-state index contributed by atoms with van der Waals surface area (Å²) in [5, 5.41) is 9.10. The highest BCUT2D eigenvalue weighted by Gasteiger charge is 2.54. The van der Waals surface area contributed by atoms with E-state index in [1.807, 2.05) is 0 Å². The van der Waals surface area contributed by atoms with Crippen LogP contribution in [0.3, 0.4) is 0 Å². The third-order valence-electron chi connectivity index (χ3n) is 5.09. The topological polar surface area (TPSA) is 136 Å². The van der Waals surface area contributed by atoms with Gasteiger partial charge in [-0.2, -0.15) is 0 Å². The Morgan fingerprint density at radius 1 is 0.967 bits per heavy atom. The minimum atomic E-state index is -4.29. The molecule has 1 saturated heterocycles. The molecule has 2 aromatic rings. The van der Waals surface area contributed by atoms with Crippen molar-refractivity contribution in [3.63, 3.8) is 0 Å². The van der Waals surface area contributed by atoms with Gasteiger partial charge in [-0.25, -0.2) is 22.3 Å². The molecule has 162 valence electrons. The Hall–Kier alpha value is -2.63. The Balaban J connectivity index is 1.88. The van der Waals surface area contributed by atoms with Crippen LogP contribution in [-0.4, -0.2) is 51.3 Å². The Morgan fingerprint density at radius 2 is 1.43 bits per heavy atom. The molecule has 3 rings (SSSR count). The van der Waals surface area contributed by atoms with Gasteiger partial charge >= 0.3 is 0 Å². The second kappa shape index (κ2) is 8.25. The molecule has 2 N–H and O–H groups in total. The molecule has 11 heteroatoms. The molecular formula is C19H21NO8S2. The van der Waals surface area contributed by atoms with Gasteiger partial charge in [-0.1, -0.05) is 0 Å². The van der Waals surface area contributed by atoms with Gasteiger partial charge in [0, 0.05) is 0 Å². The van der Waals surface area contributed by atoms with E-state index in [1.54, 1.807) is 31.4 Å². The van der Waals surface area contributed by atoms with Crippen molar-refractivity contribution < 1.29 is 36.3 Å². The third-order valence-corrected chi connectivity index (χ3v) is 9.26. The first kappa shape index (κ1) is 22.1. The zero-order valence-electron chi connectivity index (χ0n) is 16.1. The Bertz CT molecular complexity index is 1110. The second-order valence-corrected chi connectivity index (χ2v) is 11.4. The van der Waals surface area contributed by atoms with Crippen LogP contribution in [-0.2, 0) is 24.5 Å². The van der Waals surface area contributed by atoms with Gasteiger partial charge in [-0.3, -0.25) is 10.0 Å². The summed E-state index contributed by atoms with van der Waals surface area (Å²) < 4.78 is 58.7. The normalized spacial score (nSPS) is 17.7. The van der Waals surface area contributed by atoms with Gasteiger partial charge in [0.2, 0.25) is 0 Å². The van der Waals surface area contributed by atoms with Crippen LogP contribution in [0.1, 0.15) is 12.8 Å². The summed E-state index contributed by atoms with van der Waals surface area (Å²) in [7, 11) is -6.19. The number of nitrogens with one attached hydrogen (secondary N) is 1. The van der Waals surface area contributed by atoms with Gasteiger partial charge in [-0.05, 0) is 61.4 Å².